The van der Waals surface area contributed by atoms with Crippen molar-refractivity contribution in [2.24, 2.45) is 0 Å². The summed E-state index contributed by atoms with van der Waals surface area (Å²) in [6, 6.07) is 13.1. The summed E-state index contributed by atoms with van der Waals surface area (Å²) in [5.41, 5.74) is 2.40. The average molecular weight is 297 g/mol. The van der Waals surface area contributed by atoms with Crippen molar-refractivity contribution in [2.45, 2.75) is 25.8 Å². The smallest absolute Gasteiger partial charge is 0.150 e. The van der Waals surface area contributed by atoms with E-state index in [0.29, 0.717) is 6.04 Å². The van der Waals surface area contributed by atoms with Crippen LogP contribution in [0.5, 0.6) is 0 Å². The first-order valence-electron chi connectivity index (χ1n) is 7.24. The standard InChI is InChI=1S/C17H19N3S/c1-3-14(11-13-7-5-4-6-8-13)20(2)17-16-15(9-10-21-16)18-12-19-17/h4-10,12,14H,3,11H2,1-2H3. The van der Waals surface area contributed by atoms with Gasteiger partial charge in [0.15, 0.2) is 0 Å². The summed E-state index contributed by atoms with van der Waals surface area (Å²) in [5.74, 6) is 1.04. The highest BCUT2D eigenvalue weighted by Gasteiger charge is 2.18. The van der Waals surface area contributed by atoms with E-state index in [2.05, 4.69) is 70.6 Å². The Labute approximate surface area is 129 Å². The Morgan fingerprint density at radius 3 is 2.71 bits per heavy atom. The maximum absolute atomic E-state index is 4.51. The molecule has 1 aromatic carbocycles. The topological polar surface area (TPSA) is 29.0 Å². The number of aromatic nitrogens is 2. The summed E-state index contributed by atoms with van der Waals surface area (Å²) in [4.78, 5) is 11.1. The fourth-order valence-corrected chi connectivity index (χ4v) is 3.52. The van der Waals surface area contributed by atoms with Gasteiger partial charge in [0.25, 0.3) is 0 Å². The molecule has 108 valence electrons. The molecule has 0 aliphatic carbocycles. The Hall–Kier alpha value is -1.94. The molecule has 0 saturated heterocycles. The first-order valence-corrected chi connectivity index (χ1v) is 8.12. The van der Waals surface area contributed by atoms with Crippen LogP contribution in [0.3, 0.4) is 0 Å². The molecule has 3 rings (SSSR count). The van der Waals surface area contributed by atoms with E-state index in [1.54, 1.807) is 17.7 Å². The van der Waals surface area contributed by atoms with Crippen LogP contribution in [0.4, 0.5) is 5.82 Å². The van der Waals surface area contributed by atoms with Crippen molar-refractivity contribution < 1.29 is 0 Å². The lowest BCUT2D eigenvalue weighted by molar-refractivity contribution is 0.602. The zero-order chi connectivity index (χ0) is 14.7. The minimum Gasteiger partial charge on any atom is -0.355 e. The number of rotatable bonds is 5. The third-order valence-electron chi connectivity index (χ3n) is 3.89. The maximum atomic E-state index is 4.51. The number of fused-ring (bicyclic) bond motifs is 1. The molecule has 2 heterocycles. The number of thiophene rings is 1. The third kappa shape index (κ3) is 2.90. The van der Waals surface area contributed by atoms with Gasteiger partial charge in [0.2, 0.25) is 0 Å². The second-order valence-corrected chi connectivity index (χ2v) is 6.11. The number of benzene rings is 1. The van der Waals surface area contributed by atoms with Gasteiger partial charge in [-0.3, -0.25) is 0 Å². The molecule has 0 fully saturated rings. The van der Waals surface area contributed by atoms with Crippen LogP contribution in [0.25, 0.3) is 10.2 Å². The van der Waals surface area contributed by atoms with Crippen molar-refractivity contribution in [1.82, 2.24) is 9.97 Å². The van der Waals surface area contributed by atoms with E-state index in [9.17, 15) is 0 Å². The van der Waals surface area contributed by atoms with Gasteiger partial charge in [-0.15, -0.1) is 11.3 Å². The average Bonchev–Trinajstić information content (AvgIpc) is 3.01. The molecule has 0 N–H and O–H groups in total. The molecular formula is C17H19N3S. The molecule has 0 aliphatic heterocycles. The normalized spacial score (nSPS) is 12.5. The van der Waals surface area contributed by atoms with Crippen LogP contribution in [-0.2, 0) is 6.42 Å². The van der Waals surface area contributed by atoms with E-state index in [-0.39, 0.29) is 0 Å². The van der Waals surface area contributed by atoms with Gasteiger partial charge in [0.1, 0.15) is 12.1 Å². The largest absolute Gasteiger partial charge is 0.355 e. The Kier molecular flexibility index (Phi) is 4.15. The van der Waals surface area contributed by atoms with E-state index in [1.165, 1.54) is 10.3 Å². The van der Waals surface area contributed by atoms with Crippen LogP contribution in [0.15, 0.2) is 48.1 Å². The van der Waals surface area contributed by atoms with Gasteiger partial charge in [-0.1, -0.05) is 37.3 Å². The molecule has 4 heteroatoms. The molecule has 0 aliphatic rings. The van der Waals surface area contributed by atoms with Gasteiger partial charge in [0, 0.05) is 13.1 Å². The van der Waals surface area contributed by atoms with Gasteiger partial charge in [-0.2, -0.15) is 0 Å². The zero-order valence-electron chi connectivity index (χ0n) is 12.4. The van der Waals surface area contributed by atoms with Gasteiger partial charge in [-0.05, 0) is 29.9 Å². The quantitative estimate of drug-likeness (QED) is 0.708. The van der Waals surface area contributed by atoms with Crippen molar-refractivity contribution in [2.75, 3.05) is 11.9 Å². The number of likely N-dealkylation sites (N-methyl/N-ethyl adjacent to an activating group) is 1. The van der Waals surface area contributed by atoms with Gasteiger partial charge >= 0.3 is 0 Å². The molecular weight excluding hydrogens is 278 g/mol. The SMILES string of the molecule is CCC(Cc1ccccc1)N(C)c1ncnc2ccsc12. The van der Waals surface area contributed by atoms with Gasteiger partial charge in [0.05, 0.1) is 10.2 Å². The van der Waals surface area contributed by atoms with E-state index in [4.69, 9.17) is 0 Å². The first-order chi connectivity index (χ1) is 10.3. The van der Waals surface area contributed by atoms with Crippen LogP contribution in [0.1, 0.15) is 18.9 Å². The summed E-state index contributed by atoms with van der Waals surface area (Å²) in [6.07, 6.45) is 3.78. The van der Waals surface area contributed by atoms with E-state index in [0.717, 1.165) is 24.2 Å². The molecule has 0 amide bonds. The highest BCUT2D eigenvalue weighted by molar-refractivity contribution is 7.17. The van der Waals surface area contributed by atoms with Crippen LogP contribution >= 0.6 is 11.3 Å². The molecule has 0 bridgehead atoms. The van der Waals surface area contributed by atoms with Crippen molar-refractivity contribution in [1.29, 1.82) is 0 Å². The second-order valence-electron chi connectivity index (χ2n) is 5.19. The highest BCUT2D eigenvalue weighted by atomic mass is 32.1. The van der Waals surface area contributed by atoms with Crippen molar-refractivity contribution in [3.8, 4) is 0 Å². The molecule has 2 aromatic heterocycles. The van der Waals surface area contributed by atoms with Crippen LogP contribution < -0.4 is 4.90 Å². The minimum absolute atomic E-state index is 0.438. The van der Waals surface area contributed by atoms with Gasteiger partial charge < -0.3 is 4.90 Å². The monoisotopic (exact) mass is 297 g/mol. The predicted octanol–water partition coefficient (Wildman–Crippen LogP) is 4.15. The summed E-state index contributed by atoms with van der Waals surface area (Å²) >= 11 is 1.71. The lowest BCUT2D eigenvalue weighted by Gasteiger charge is -2.28. The molecule has 1 unspecified atom stereocenters. The fourth-order valence-electron chi connectivity index (χ4n) is 2.64. The van der Waals surface area contributed by atoms with Gasteiger partial charge in [-0.25, -0.2) is 9.97 Å². The van der Waals surface area contributed by atoms with Crippen LogP contribution in [0, 0.1) is 0 Å². The Morgan fingerprint density at radius 2 is 1.95 bits per heavy atom. The first kappa shape index (κ1) is 14.0. The molecule has 0 radical (unpaired) electrons. The fraction of sp³-hybridized carbons (Fsp3) is 0.294. The lowest BCUT2D eigenvalue weighted by Crippen LogP contribution is -2.33. The second kappa shape index (κ2) is 6.22. The van der Waals surface area contributed by atoms with Crippen molar-refractivity contribution in [3.63, 3.8) is 0 Å². The maximum Gasteiger partial charge on any atom is 0.150 e. The van der Waals surface area contributed by atoms with E-state index < -0.39 is 0 Å². The zero-order valence-corrected chi connectivity index (χ0v) is 13.2. The minimum atomic E-state index is 0.438. The lowest BCUT2D eigenvalue weighted by atomic mass is 10.0. The molecule has 1 atom stereocenters. The summed E-state index contributed by atoms with van der Waals surface area (Å²) < 4.78 is 1.17. The Bertz CT molecular complexity index is 708. The number of nitrogens with zero attached hydrogens (tertiary/aromatic N) is 3. The van der Waals surface area contributed by atoms with Crippen molar-refractivity contribution >= 4 is 27.4 Å². The molecule has 3 aromatic rings. The molecule has 0 spiro atoms. The van der Waals surface area contributed by atoms with Crippen molar-refractivity contribution in [3.05, 3.63) is 53.7 Å². The molecule has 21 heavy (non-hydrogen) atoms. The Morgan fingerprint density at radius 1 is 1.14 bits per heavy atom. The summed E-state index contributed by atoms with van der Waals surface area (Å²) in [6.45, 7) is 2.23. The summed E-state index contributed by atoms with van der Waals surface area (Å²) in [5, 5.41) is 2.08. The van der Waals surface area contributed by atoms with Crippen LogP contribution in [0.2, 0.25) is 0 Å². The third-order valence-corrected chi connectivity index (χ3v) is 4.79. The highest BCUT2D eigenvalue weighted by Crippen LogP contribution is 2.29. The number of anilines is 1. The Balaban J connectivity index is 1.88. The number of hydrogen-bond acceptors (Lipinski definition) is 4. The molecule has 0 saturated carbocycles. The molecule has 3 nitrogen and oxygen atoms in total. The number of hydrogen-bond donors (Lipinski definition) is 0. The van der Waals surface area contributed by atoms with Crippen LogP contribution in [-0.4, -0.2) is 23.1 Å². The van der Waals surface area contributed by atoms with E-state index in [1.807, 2.05) is 0 Å². The van der Waals surface area contributed by atoms with E-state index >= 15 is 0 Å². The summed E-state index contributed by atoms with van der Waals surface area (Å²) in [7, 11) is 2.14. The predicted molar refractivity (Wildman–Crippen MR) is 90.0 cm³/mol.